The fourth-order valence-corrected chi connectivity index (χ4v) is 2.68. The molecule has 0 fully saturated rings. The van der Waals surface area contributed by atoms with E-state index in [1.54, 1.807) is 18.2 Å². The average molecular weight is 405 g/mol. The van der Waals surface area contributed by atoms with Gasteiger partial charge in [-0.25, -0.2) is 4.79 Å². The van der Waals surface area contributed by atoms with E-state index in [1.165, 1.54) is 12.1 Å². The maximum atomic E-state index is 12.3. The van der Waals surface area contributed by atoms with Gasteiger partial charge in [-0.1, -0.05) is 28.1 Å². The lowest BCUT2D eigenvalue weighted by Gasteiger charge is -2.03. The van der Waals surface area contributed by atoms with E-state index in [2.05, 4.69) is 26.0 Å². The number of halogens is 1. The summed E-state index contributed by atoms with van der Waals surface area (Å²) in [5, 5.41) is 24.9. The number of benzene rings is 2. The molecular weight excluding hydrogens is 396 g/mol. The summed E-state index contributed by atoms with van der Waals surface area (Å²) in [4.78, 5) is 37.0. The molecule has 0 saturated carbocycles. The minimum absolute atomic E-state index is 0.0273. The van der Waals surface area contributed by atoms with Crippen LogP contribution in [0.1, 0.15) is 5.56 Å². The van der Waals surface area contributed by atoms with E-state index < -0.39 is 27.6 Å². The molecular formula is C15H9BrN4O5. The third kappa shape index (κ3) is 3.06. The number of para-hydroxylation sites is 1. The Balaban J connectivity index is 2.16. The number of phenols is 1. The standard InChI is InChI=1S/C15H9BrN4O5/c16-9-5-8(13(21)12(6-9)20(24)25)7-17-19-14(22)10-3-1-2-4-11(10)18-15(19)23/h1-7,21H,(H,18,23). The van der Waals surface area contributed by atoms with Crippen molar-refractivity contribution >= 4 is 38.7 Å². The molecule has 0 aliphatic rings. The summed E-state index contributed by atoms with van der Waals surface area (Å²) in [6.45, 7) is 0. The molecule has 0 amide bonds. The molecule has 0 bridgehead atoms. The molecule has 0 aliphatic carbocycles. The smallest absolute Gasteiger partial charge is 0.349 e. The van der Waals surface area contributed by atoms with E-state index in [1.807, 2.05) is 0 Å². The molecule has 9 nitrogen and oxygen atoms in total. The Morgan fingerprint density at radius 3 is 2.72 bits per heavy atom. The van der Waals surface area contributed by atoms with Crippen LogP contribution in [0.5, 0.6) is 5.75 Å². The number of nitro benzene ring substituents is 1. The van der Waals surface area contributed by atoms with Crippen molar-refractivity contribution in [2.75, 3.05) is 0 Å². The van der Waals surface area contributed by atoms with Gasteiger partial charge in [-0.2, -0.15) is 5.10 Å². The molecule has 3 aromatic rings. The second-order valence-electron chi connectivity index (χ2n) is 4.96. The molecule has 0 aliphatic heterocycles. The number of fused-ring (bicyclic) bond motifs is 1. The number of phenolic OH excluding ortho intramolecular Hbond substituents is 1. The maximum absolute atomic E-state index is 12.3. The zero-order valence-electron chi connectivity index (χ0n) is 12.3. The van der Waals surface area contributed by atoms with Gasteiger partial charge in [0.2, 0.25) is 5.75 Å². The third-order valence-electron chi connectivity index (χ3n) is 3.38. The van der Waals surface area contributed by atoms with Crippen molar-refractivity contribution in [1.29, 1.82) is 0 Å². The predicted octanol–water partition coefficient (Wildman–Crippen LogP) is 1.95. The molecule has 0 unspecified atom stereocenters. The fourth-order valence-electron chi connectivity index (χ4n) is 2.22. The molecule has 0 saturated heterocycles. The van der Waals surface area contributed by atoms with Gasteiger partial charge in [-0.15, -0.1) is 4.68 Å². The molecule has 126 valence electrons. The maximum Gasteiger partial charge on any atom is 0.349 e. The van der Waals surface area contributed by atoms with Crippen molar-refractivity contribution in [2.24, 2.45) is 5.10 Å². The highest BCUT2D eigenvalue weighted by Gasteiger charge is 2.17. The van der Waals surface area contributed by atoms with Gasteiger partial charge in [-0.3, -0.25) is 14.9 Å². The summed E-state index contributed by atoms with van der Waals surface area (Å²) in [6, 6.07) is 8.91. The summed E-state index contributed by atoms with van der Waals surface area (Å²) in [5.41, 5.74) is -1.62. The largest absolute Gasteiger partial charge is 0.502 e. The second kappa shape index (κ2) is 6.32. The van der Waals surface area contributed by atoms with Gasteiger partial charge in [-0.05, 0) is 18.2 Å². The van der Waals surface area contributed by atoms with Gasteiger partial charge < -0.3 is 10.1 Å². The molecule has 0 atom stereocenters. The van der Waals surface area contributed by atoms with Crippen LogP contribution in [-0.2, 0) is 0 Å². The van der Waals surface area contributed by atoms with Crippen LogP contribution >= 0.6 is 15.9 Å². The van der Waals surface area contributed by atoms with Gasteiger partial charge in [0.1, 0.15) is 0 Å². The highest BCUT2D eigenvalue weighted by Crippen LogP contribution is 2.32. The lowest BCUT2D eigenvalue weighted by Crippen LogP contribution is -2.32. The number of nitrogens with zero attached hydrogens (tertiary/aromatic N) is 3. The lowest BCUT2D eigenvalue weighted by atomic mass is 10.2. The molecule has 25 heavy (non-hydrogen) atoms. The third-order valence-corrected chi connectivity index (χ3v) is 3.83. The fraction of sp³-hybridized carbons (Fsp3) is 0. The highest BCUT2D eigenvalue weighted by molar-refractivity contribution is 9.10. The first-order valence-electron chi connectivity index (χ1n) is 6.84. The predicted molar refractivity (Wildman–Crippen MR) is 94.3 cm³/mol. The van der Waals surface area contributed by atoms with Crippen LogP contribution in [-0.4, -0.2) is 25.9 Å². The number of aromatic hydroxyl groups is 1. The molecule has 0 radical (unpaired) electrons. The van der Waals surface area contributed by atoms with E-state index in [-0.39, 0.29) is 10.9 Å². The lowest BCUT2D eigenvalue weighted by molar-refractivity contribution is -0.385. The normalized spacial score (nSPS) is 11.2. The number of aromatic amines is 1. The Morgan fingerprint density at radius 1 is 1.28 bits per heavy atom. The van der Waals surface area contributed by atoms with E-state index in [4.69, 9.17) is 0 Å². The number of nitrogens with one attached hydrogen (secondary N) is 1. The van der Waals surface area contributed by atoms with Crippen LogP contribution < -0.4 is 11.2 Å². The van der Waals surface area contributed by atoms with Gasteiger partial charge in [0, 0.05) is 16.1 Å². The van der Waals surface area contributed by atoms with E-state index in [9.17, 15) is 24.8 Å². The zero-order chi connectivity index (χ0) is 18.1. The van der Waals surface area contributed by atoms with Crippen molar-refractivity contribution in [2.45, 2.75) is 0 Å². The number of hydrogen-bond donors (Lipinski definition) is 2. The second-order valence-corrected chi connectivity index (χ2v) is 5.87. The van der Waals surface area contributed by atoms with E-state index in [0.717, 1.165) is 12.3 Å². The summed E-state index contributed by atoms with van der Waals surface area (Å²) in [5.74, 6) is -0.623. The van der Waals surface area contributed by atoms with Crippen molar-refractivity contribution in [3.63, 3.8) is 0 Å². The molecule has 10 heteroatoms. The Kier molecular flexibility index (Phi) is 4.19. The molecule has 2 N–H and O–H groups in total. The number of hydrogen-bond acceptors (Lipinski definition) is 6. The van der Waals surface area contributed by atoms with Crippen LogP contribution in [0, 0.1) is 10.1 Å². The quantitative estimate of drug-likeness (QED) is 0.391. The number of nitro groups is 1. The monoisotopic (exact) mass is 404 g/mol. The Labute approximate surface area is 147 Å². The first-order valence-corrected chi connectivity index (χ1v) is 7.63. The van der Waals surface area contributed by atoms with Gasteiger partial charge in [0.05, 0.1) is 22.0 Å². The van der Waals surface area contributed by atoms with Crippen molar-refractivity contribution in [1.82, 2.24) is 9.66 Å². The summed E-state index contributed by atoms with van der Waals surface area (Å²) >= 11 is 3.09. The first-order chi connectivity index (χ1) is 11.9. The van der Waals surface area contributed by atoms with Gasteiger partial charge in [0.15, 0.2) is 0 Å². The number of aromatic nitrogens is 2. The Bertz CT molecular complexity index is 1150. The SMILES string of the molecule is O=c1[nH]c2ccccc2c(=O)n1N=Cc1cc(Br)cc([N+](=O)[O-])c1O. The summed E-state index contributed by atoms with van der Waals surface area (Å²) in [6.07, 6.45) is 0.999. The van der Waals surface area contributed by atoms with E-state index in [0.29, 0.717) is 14.7 Å². The average Bonchev–Trinajstić information content (AvgIpc) is 2.57. The zero-order valence-corrected chi connectivity index (χ0v) is 13.9. The van der Waals surface area contributed by atoms with Crippen molar-refractivity contribution < 1.29 is 10.0 Å². The van der Waals surface area contributed by atoms with Crippen LogP contribution in [0.3, 0.4) is 0 Å². The summed E-state index contributed by atoms with van der Waals surface area (Å²) in [7, 11) is 0. The topological polar surface area (TPSA) is 131 Å². The molecule has 0 spiro atoms. The number of rotatable bonds is 3. The Morgan fingerprint density at radius 2 is 2.00 bits per heavy atom. The van der Waals surface area contributed by atoms with Gasteiger partial charge >= 0.3 is 11.4 Å². The minimum Gasteiger partial charge on any atom is -0.502 e. The van der Waals surface area contributed by atoms with Gasteiger partial charge in [0.25, 0.3) is 5.56 Å². The van der Waals surface area contributed by atoms with E-state index >= 15 is 0 Å². The van der Waals surface area contributed by atoms with Crippen LogP contribution in [0.2, 0.25) is 0 Å². The number of H-pyrrole nitrogens is 1. The minimum atomic E-state index is -0.774. The van der Waals surface area contributed by atoms with Crippen LogP contribution in [0.15, 0.2) is 55.6 Å². The molecule has 1 aromatic heterocycles. The van der Waals surface area contributed by atoms with Crippen molar-refractivity contribution in [3.05, 3.63) is 77.4 Å². The first kappa shape index (κ1) is 16.6. The van der Waals surface area contributed by atoms with Crippen LogP contribution in [0.25, 0.3) is 10.9 Å². The van der Waals surface area contributed by atoms with Crippen molar-refractivity contribution in [3.8, 4) is 5.75 Å². The van der Waals surface area contributed by atoms with Crippen LogP contribution in [0.4, 0.5) is 5.69 Å². The highest BCUT2D eigenvalue weighted by atomic mass is 79.9. The molecule has 2 aromatic carbocycles. The Hall–Kier alpha value is -3.27. The summed E-state index contributed by atoms with van der Waals surface area (Å²) < 4.78 is 0.910. The molecule has 1 heterocycles. The molecule has 3 rings (SSSR count).